The molecule has 0 atom stereocenters. The minimum absolute atomic E-state index is 0. The normalized spacial score (nSPS) is 12.6. The van der Waals surface area contributed by atoms with Gasteiger partial charge in [-0.2, -0.15) is 0 Å². The number of nitrogens with one attached hydrogen (secondary N) is 2. The van der Waals surface area contributed by atoms with Crippen LogP contribution in [0, 0.1) is 0 Å². The number of carbonyl (C=O) groups is 1. The summed E-state index contributed by atoms with van der Waals surface area (Å²) in [6.07, 6.45) is 15.9. The average Bonchev–Trinajstić information content (AvgIpc) is 3.31. The lowest BCUT2D eigenvalue weighted by molar-refractivity contribution is 0.261. The molecular formula is C32H48BrN3O2S. The van der Waals surface area contributed by atoms with Gasteiger partial charge in [0.25, 0.3) is 0 Å². The lowest BCUT2D eigenvalue weighted by Crippen LogP contribution is -2.20. The number of para-hydroxylation sites is 2. The molecule has 216 valence electrons. The molecule has 1 aliphatic rings. The van der Waals surface area contributed by atoms with Crippen molar-refractivity contribution in [1.29, 1.82) is 0 Å². The summed E-state index contributed by atoms with van der Waals surface area (Å²) in [4.78, 5) is 15.1. The molecule has 0 unspecified atom stereocenters. The van der Waals surface area contributed by atoms with Crippen molar-refractivity contribution in [3.8, 4) is 5.75 Å². The molecule has 0 aromatic heterocycles. The molecule has 0 aliphatic carbocycles. The largest absolute Gasteiger partial charge is 0.491 e. The molecule has 0 saturated carbocycles. The number of ether oxygens (including phenoxy) is 1. The van der Waals surface area contributed by atoms with Crippen LogP contribution in [0.3, 0.4) is 0 Å². The Kier molecular flexibility index (Phi) is 16.9. The topological polar surface area (TPSA) is 53.6 Å². The van der Waals surface area contributed by atoms with Gasteiger partial charge in [0.15, 0.2) is 0 Å². The van der Waals surface area contributed by atoms with Crippen LogP contribution >= 0.6 is 28.7 Å². The van der Waals surface area contributed by atoms with Crippen LogP contribution in [-0.4, -0.2) is 23.4 Å². The predicted octanol–water partition coefficient (Wildman–Crippen LogP) is 10.4. The fourth-order valence-electron chi connectivity index (χ4n) is 4.67. The summed E-state index contributed by atoms with van der Waals surface area (Å²) >= 11 is 1.81. The molecule has 0 radical (unpaired) electrons. The summed E-state index contributed by atoms with van der Waals surface area (Å²) in [6.45, 7) is 5.91. The van der Waals surface area contributed by atoms with Gasteiger partial charge >= 0.3 is 6.03 Å². The van der Waals surface area contributed by atoms with E-state index in [-0.39, 0.29) is 23.0 Å². The van der Waals surface area contributed by atoms with Crippen molar-refractivity contribution in [2.75, 3.05) is 23.1 Å². The Bertz CT molecular complexity index is 1000. The highest BCUT2D eigenvalue weighted by Crippen LogP contribution is 2.26. The number of rotatable bonds is 18. The Labute approximate surface area is 251 Å². The zero-order chi connectivity index (χ0) is 26.8. The molecule has 0 saturated heterocycles. The molecule has 2 amide bonds. The van der Waals surface area contributed by atoms with Crippen LogP contribution < -0.4 is 15.4 Å². The number of urea groups is 1. The molecule has 2 N–H and O–H groups in total. The fourth-order valence-corrected chi connectivity index (χ4v) is 5.61. The van der Waals surface area contributed by atoms with Crippen LogP contribution in [0.25, 0.3) is 0 Å². The second-order valence-corrected chi connectivity index (χ2v) is 11.1. The van der Waals surface area contributed by atoms with Gasteiger partial charge in [0.05, 0.1) is 18.2 Å². The zero-order valence-corrected chi connectivity index (χ0v) is 26.4. The molecule has 7 heteroatoms. The maximum absolute atomic E-state index is 12.7. The van der Waals surface area contributed by atoms with Gasteiger partial charge < -0.3 is 20.3 Å². The van der Waals surface area contributed by atoms with E-state index in [1.807, 2.05) is 54.2 Å². The highest BCUT2D eigenvalue weighted by atomic mass is 79.9. The summed E-state index contributed by atoms with van der Waals surface area (Å²) in [5, 5.41) is 8.11. The van der Waals surface area contributed by atoms with Crippen molar-refractivity contribution in [3.63, 3.8) is 0 Å². The number of thioether (sulfide) groups is 1. The smallest absolute Gasteiger partial charge is 0.323 e. The maximum Gasteiger partial charge on any atom is 0.323 e. The third kappa shape index (κ3) is 13.2. The lowest BCUT2D eigenvalue weighted by atomic mass is 10.1. The first kappa shape index (κ1) is 33.1. The average molecular weight is 619 g/mol. The SMILES string of the molecule is Br.CCCCCCCCCCCCCCOc1ccccc1NC(=O)Nc1cccc(CN2CSC=C2C)c1. The Morgan fingerprint density at radius 1 is 0.872 bits per heavy atom. The fraction of sp³-hybridized carbons (Fsp3) is 0.531. The third-order valence-corrected chi connectivity index (χ3v) is 7.90. The second kappa shape index (κ2) is 19.9. The number of hydrogen-bond acceptors (Lipinski definition) is 4. The summed E-state index contributed by atoms with van der Waals surface area (Å²) in [7, 11) is 0. The number of anilines is 2. The van der Waals surface area contributed by atoms with Crippen LogP contribution in [0.2, 0.25) is 0 Å². The number of halogens is 1. The number of benzene rings is 2. The highest BCUT2D eigenvalue weighted by molar-refractivity contribution is 8.93. The van der Waals surface area contributed by atoms with Crippen LogP contribution in [0.15, 0.2) is 59.6 Å². The Hall–Kier alpha value is -2.12. The molecule has 2 aromatic carbocycles. The van der Waals surface area contributed by atoms with Crippen molar-refractivity contribution in [1.82, 2.24) is 4.90 Å². The van der Waals surface area contributed by atoms with Crippen molar-refractivity contribution in [2.45, 2.75) is 97.4 Å². The van der Waals surface area contributed by atoms with Crippen molar-refractivity contribution in [2.24, 2.45) is 0 Å². The molecule has 0 fully saturated rings. The van der Waals surface area contributed by atoms with Crippen LogP contribution in [-0.2, 0) is 6.54 Å². The van der Waals surface area contributed by atoms with E-state index in [2.05, 4.69) is 40.9 Å². The van der Waals surface area contributed by atoms with E-state index in [4.69, 9.17) is 4.74 Å². The number of carbonyl (C=O) groups excluding carboxylic acids is 1. The first-order chi connectivity index (χ1) is 18.7. The highest BCUT2D eigenvalue weighted by Gasteiger charge is 2.13. The molecule has 1 aliphatic heterocycles. The molecule has 5 nitrogen and oxygen atoms in total. The number of nitrogens with zero attached hydrogens (tertiary/aromatic N) is 1. The minimum Gasteiger partial charge on any atom is -0.491 e. The Balaban J connectivity index is 0.00000533. The van der Waals surface area contributed by atoms with Gasteiger partial charge in [-0.15, -0.1) is 28.7 Å². The summed E-state index contributed by atoms with van der Waals surface area (Å²) in [5.74, 6) is 1.69. The molecule has 3 rings (SSSR count). The number of allylic oxidation sites excluding steroid dienone is 1. The number of amides is 2. The maximum atomic E-state index is 12.7. The van der Waals surface area contributed by atoms with Crippen LogP contribution in [0.5, 0.6) is 5.75 Å². The van der Waals surface area contributed by atoms with Gasteiger partial charge in [-0.1, -0.05) is 102 Å². The van der Waals surface area contributed by atoms with E-state index in [1.54, 1.807) is 0 Å². The van der Waals surface area contributed by atoms with Gasteiger partial charge in [0, 0.05) is 17.9 Å². The van der Waals surface area contributed by atoms with Crippen LogP contribution in [0.1, 0.15) is 96.5 Å². The van der Waals surface area contributed by atoms with E-state index >= 15 is 0 Å². The first-order valence-electron chi connectivity index (χ1n) is 14.6. The molecule has 39 heavy (non-hydrogen) atoms. The van der Waals surface area contributed by atoms with Crippen molar-refractivity contribution < 1.29 is 9.53 Å². The third-order valence-electron chi connectivity index (χ3n) is 6.93. The quantitative estimate of drug-likeness (QED) is 0.163. The van der Waals surface area contributed by atoms with E-state index in [0.717, 1.165) is 24.5 Å². The lowest BCUT2D eigenvalue weighted by Gasteiger charge is -2.19. The van der Waals surface area contributed by atoms with Crippen molar-refractivity contribution in [3.05, 3.63) is 65.2 Å². The number of hydrogen-bond donors (Lipinski definition) is 2. The Morgan fingerprint density at radius 3 is 2.21 bits per heavy atom. The molecule has 1 heterocycles. The van der Waals surface area contributed by atoms with Crippen LogP contribution in [0.4, 0.5) is 16.2 Å². The minimum atomic E-state index is -0.267. The van der Waals surface area contributed by atoms with Crippen molar-refractivity contribution >= 4 is 46.1 Å². The van der Waals surface area contributed by atoms with E-state index in [1.165, 1.54) is 81.9 Å². The molecule has 0 spiro atoms. The summed E-state index contributed by atoms with van der Waals surface area (Å²) in [6, 6.07) is 15.4. The van der Waals surface area contributed by atoms with Gasteiger partial charge in [0.2, 0.25) is 0 Å². The van der Waals surface area contributed by atoms with Gasteiger partial charge in [-0.05, 0) is 48.6 Å². The number of unbranched alkanes of at least 4 members (excludes halogenated alkanes) is 11. The summed E-state index contributed by atoms with van der Waals surface area (Å²) in [5.41, 5.74) is 3.92. The van der Waals surface area contributed by atoms with E-state index in [0.29, 0.717) is 18.0 Å². The summed E-state index contributed by atoms with van der Waals surface area (Å²) < 4.78 is 6.03. The Morgan fingerprint density at radius 2 is 1.54 bits per heavy atom. The zero-order valence-electron chi connectivity index (χ0n) is 23.9. The molecule has 2 aromatic rings. The molecule has 0 bridgehead atoms. The van der Waals surface area contributed by atoms with Gasteiger partial charge in [-0.3, -0.25) is 0 Å². The first-order valence-corrected chi connectivity index (χ1v) is 15.6. The molecular weight excluding hydrogens is 570 g/mol. The van der Waals surface area contributed by atoms with Gasteiger partial charge in [-0.25, -0.2) is 4.79 Å². The predicted molar refractivity (Wildman–Crippen MR) is 174 cm³/mol. The monoisotopic (exact) mass is 617 g/mol. The second-order valence-electron chi connectivity index (χ2n) is 10.3. The standard InChI is InChI=1S/C32H47N3O2S.BrH/c1-3-4-5-6-7-8-9-10-11-12-13-16-22-37-31-21-15-14-20-30(31)34-32(36)33-29-19-17-18-28(23-29)24-35-26-38-25-27(35)2;/h14-15,17-21,23,25H,3-13,16,22,24,26H2,1-2H3,(H2,33,34,36);1H. The van der Waals surface area contributed by atoms with E-state index in [9.17, 15) is 4.79 Å². The van der Waals surface area contributed by atoms with E-state index < -0.39 is 0 Å². The van der Waals surface area contributed by atoms with Gasteiger partial charge in [0.1, 0.15) is 5.75 Å².